The Hall–Kier alpha value is -7.44. The minimum atomic E-state index is -1.38. The number of unbranched alkanes of at least 4 members (excludes halogenated alkanes) is 1. The number of carbonyl (C=O) groups is 4. The van der Waals surface area contributed by atoms with Crippen molar-refractivity contribution in [2.24, 2.45) is 5.73 Å². The molecule has 2 atom stereocenters. The van der Waals surface area contributed by atoms with Crippen LogP contribution in [0, 0.1) is 5.82 Å². The number of carboxylic acid groups (broad SMARTS) is 1. The molecule has 18 heteroatoms. The zero-order valence-corrected chi connectivity index (χ0v) is 36.6. The molecule has 0 spiro atoms. The molecule has 2 aliphatic heterocycles. The maximum atomic E-state index is 15.4. The molecule has 0 aliphatic carbocycles. The third-order valence-electron chi connectivity index (χ3n) is 11.5. The monoisotopic (exact) mass is 903 g/mol. The molecule has 7 rings (SSSR count). The van der Waals surface area contributed by atoms with Crippen molar-refractivity contribution >= 4 is 46.3 Å². The average Bonchev–Trinajstić information content (AvgIpc) is 3.82. The topological polar surface area (TPSA) is 213 Å². The molecule has 0 unspecified atom stereocenters. The van der Waals surface area contributed by atoms with Gasteiger partial charge >= 0.3 is 18.2 Å². The predicted octanol–water partition coefficient (Wildman–Crippen LogP) is 5.46. The number of hydrogen-bond donors (Lipinski definition) is 6. The van der Waals surface area contributed by atoms with Crippen LogP contribution >= 0.6 is 0 Å². The molecule has 3 heterocycles. The summed E-state index contributed by atoms with van der Waals surface area (Å²) in [5.41, 5.74) is 15.3. The number of benzene rings is 4. The number of hydrogen-bond acceptors (Lipinski definition) is 12. The minimum absolute atomic E-state index is 0.0132. The number of halogens is 1. The highest BCUT2D eigenvalue weighted by Gasteiger charge is 2.31. The number of anilines is 2. The molecule has 0 radical (unpaired) electrons. The Morgan fingerprint density at radius 3 is 2.20 bits per heavy atom. The Kier molecular flexibility index (Phi) is 15.5. The summed E-state index contributed by atoms with van der Waals surface area (Å²) in [6, 6.07) is 27.6. The van der Waals surface area contributed by atoms with Gasteiger partial charge in [-0.1, -0.05) is 72.8 Å². The summed E-state index contributed by atoms with van der Waals surface area (Å²) in [4.78, 5) is 67.7. The number of hydrazine groups is 2. The average molecular weight is 904 g/mol. The van der Waals surface area contributed by atoms with Crippen LogP contribution in [-0.4, -0.2) is 88.5 Å². The Labute approximate surface area is 380 Å². The van der Waals surface area contributed by atoms with Crippen LogP contribution in [0.15, 0.2) is 120 Å². The summed E-state index contributed by atoms with van der Waals surface area (Å²) in [5.74, 6) is -2.31. The lowest BCUT2D eigenvalue weighted by atomic mass is 10.0. The molecule has 5 aromatic rings. The molecule has 3 amide bonds. The highest BCUT2D eigenvalue weighted by Crippen LogP contribution is 2.27. The van der Waals surface area contributed by atoms with Gasteiger partial charge in [0.25, 0.3) is 0 Å². The summed E-state index contributed by atoms with van der Waals surface area (Å²) < 4.78 is 28.2. The van der Waals surface area contributed by atoms with Gasteiger partial charge in [-0.2, -0.15) is 0 Å². The van der Waals surface area contributed by atoms with Crippen LogP contribution in [0.25, 0.3) is 10.9 Å². The lowest BCUT2D eigenvalue weighted by Gasteiger charge is -2.35. The van der Waals surface area contributed by atoms with Gasteiger partial charge in [0.05, 0.1) is 22.9 Å². The molecule has 0 saturated carbocycles. The van der Waals surface area contributed by atoms with Crippen molar-refractivity contribution < 1.29 is 38.1 Å². The first-order chi connectivity index (χ1) is 32.0. The summed E-state index contributed by atoms with van der Waals surface area (Å²) in [5, 5.41) is 17.1. The van der Waals surface area contributed by atoms with Crippen LogP contribution in [0.1, 0.15) is 53.2 Å². The first-order valence-electron chi connectivity index (χ1n) is 21.9. The molecular formula is C48H54FN9O8. The number of ether oxygens (including phenoxy) is 2. The van der Waals surface area contributed by atoms with Crippen LogP contribution in [0.3, 0.4) is 0 Å². The normalized spacial score (nSPS) is 14.5. The van der Waals surface area contributed by atoms with E-state index in [-0.39, 0.29) is 43.3 Å². The standard InChI is InChI=1S/C48H54FN9O8/c1-2-55-28-37(46(61)62)44(59)36-26-38(49)43(27-42(36)55)56-21-23-57(24-22-56)48(64)66-31-34-16-18-35(19-17-34)51-45(60)41(15-9-10-20-50)58-29-40(53-54-58)39(25-32-11-5-3-6-12-32)52-47(63)65-30-33-13-7-4-8-14-33/h3-8,11-14,16-19,26-29,39,41,53-54H,2,9-10,15,20-25,30-31,50H2,1H3,(H,51,60)(H,52,63)(H,61,62)/t39-,41-/m0/s1. The highest BCUT2D eigenvalue weighted by molar-refractivity contribution is 5.95. The number of carboxylic acids is 1. The number of fused-ring (bicyclic) bond motifs is 1. The van der Waals surface area contributed by atoms with Gasteiger partial charge in [0.1, 0.15) is 30.6 Å². The van der Waals surface area contributed by atoms with E-state index in [9.17, 15) is 29.1 Å². The molecule has 17 nitrogen and oxygen atoms in total. The summed E-state index contributed by atoms with van der Waals surface area (Å²) in [7, 11) is 0. The predicted molar refractivity (Wildman–Crippen MR) is 246 cm³/mol. The number of nitrogens with one attached hydrogen (secondary N) is 4. The van der Waals surface area contributed by atoms with Gasteiger partial charge in [-0.15, -0.1) is 5.53 Å². The van der Waals surface area contributed by atoms with E-state index in [4.69, 9.17) is 15.2 Å². The number of aryl methyl sites for hydroxylation is 1. The van der Waals surface area contributed by atoms with E-state index in [0.29, 0.717) is 67.9 Å². The van der Waals surface area contributed by atoms with Crippen LogP contribution < -0.4 is 37.7 Å². The second-order valence-electron chi connectivity index (χ2n) is 16.0. The summed E-state index contributed by atoms with van der Waals surface area (Å²) >= 11 is 0. The van der Waals surface area contributed by atoms with Gasteiger partial charge in [-0.3, -0.25) is 14.6 Å². The first-order valence-corrected chi connectivity index (χ1v) is 21.9. The van der Waals surface area contributed by atoms with E-state index in [1.807, 2.05) is 60.7 Å². The van der Waals surface area contributed by atoms with E-state index >= 15 is 4.39 Å². The van der Waals surface area contributed by atoms with Crippen molar-refractivity contribution in [1.29, 1.82) is 0 Å². The van der Waals surface area contributed by atoms with Gasteiger partial charge < -0.3 is 50.7 Å². The number of nitrogens with two attached hydrogens (primary N) is 1. The second kappa shape index (κ2) is 22.0. The van der Waals surface area contributed by atoms with E-state index in [0.717, 1.165) is 23.6 Å². The highest BCUT2D eigenvalue weighted by atomic mass is 19.1. The second-order valence-corrected chi connectivity index (χ2v) is 16.0. The fourth-order valence-electron chi connectivity index (χ4n) is 7.89. The van der Waals surface area contributed by atoms with Crippen molar-refractivity contribution in [1.82, 2.24) is 30.8 Å². The Bertz CT molecular complexity index is 2590. The molecule has 7 N–H and O–H groups in total. The van der Waals surface area contributed by atoms with E-state index in [1.165, 1.54) is 11.1 Å². The quantitative estimate of drug-likeness (QED) is 0.0605. The molecule has 0 bridgehead atoms. The number of carbonyl (C=O) groups excluding carboxylic acids is 3. The SMILES string of the molecule is CCn1cc(C(=O)O)c(=O)c2cc(F)c(N3CCN(C(=O)OCc4ccc(NC(=O)[C@H](CCCCN)N5C=C([C@H](Cc6ccccc6)NC(=O)OCc6ccccc6)NN5)cc4)CC3)cc21. The lowest BCUT2D eigenvalue weighted by Crippen LogP contribution is -2.49. The number of alkyl carbamates (subject to hydrolysis) is 1. The zero-order valence-electron chi connectivity index (χ0n) is 36.6. The molecule has 2 aliphatic rings. The van der Waals surface area contributed by atoms with Crippen LogP contribution in [0.2, 0.25) is 0 Å². The zero-order chi connectivity index (χ0) is 46.6. The summed E-state index contributed by atoms with van der Waals surface area (Å²) in [6.07, 6.45) is 4.28. The fraction of sp³-hybridized carbons (Fsp3) is 0.312. The number of nitrogens with zero attached hydrogens (tertiary/aromatic N) is 4. The van der Waals surface area contributed by atoms with Crippen molar-refractivity contribution in [2.75, 3.05) is 42.9 Å². The Balaban J connectivity index is 0.935. The van der Waals surface area contributed by atoms with Gasteiger partial charge in [0, 0.05) is 56.2 Å². The third kappa shape index (κ3) is 11.6. The van der Waals surface area contributed by atoms with Gasteiger partial charge in [-0.25, -0.2) is 18.8 Å². The third-order valence-corrected chi connectivity index (χ3v) is 11.5. The molecule has 346 valence electrons. The Morgan fingerprint density at radius 2 is 1.53 bits per heavy atom. The molecule has 4 aromatic carbocycles. The molecular weight excluding hydrogens is 850 g/mol. The number of rotatable bonds is 18. The van der Waals surface area contributed by atoms with Gasteiger partial charge in [-0.05, 0) is 80.1 Å². The van der Waals surface area contributed by atoms with E-state index < -0.39 is 47.0 Å². The maximum absolute atomic E-state index is 15.4. The molecule has 1 aromatic heterocycles. The maximum Gasteiger partial charge on any atom is 0.410 e. The Morgan fingerprint density at radius 1 is 0.864 bits per heavy atom. The van der Waals surface area contributed by atoms with Crippen molar-refractivity contribution in [3.8, 4) is 0 Å². The van der Waals surface area contributed by atoms with Gasteiger partial charge in [0.2, 0.25) is 11.3 Å². The van der Waals surface area contributed by atoms with Crippen LogP contribution in [-0.2, 0) is 40.4 Å². The van der Waals surface area contributed by atoms with Crippen molar-refractivity contribution in [3.05, 3.63) is 153 Å². The molecule has 1 fully saturated rings. The minimum Gasteiger partial charge on any atom is -0.477 e. The number of aromatic carboxylic acids is 1. The largest absolute Gasteiger partial charge is 0.477 e. The van der Waals surface area contributed by atoms with E-state index in [2.05, 4.69) is 21.6 Å². The van der Waals surface area contributed by atoms with Gasteiger partial charge in [0.15, 0.2) is 0 Å². The smallest absolute Gasteiger partial charge is 0.410 e. The lowest BCUT2D eigenvalue weighted by molar-refractivity contribution is -0.121. The molecule has 1 saturated heterocycles. The fourth-order valence-corrected chi connectivity index (χ4v) is 7.89. The first kappa shape index (κ1) is 46.5. The number of amides is 3. The number of pyridine rings is 1. The molecule has 66 heavy (non-hydrogen) atoms. The van der Waals surface area contributed by atoms with E-state index in [1.54, 1.807) is 57.9 Å². The van der Waals surface area contributed by atoms with Crippen molar-refractivity contribution in [3.63, 3.8) is 0 Å². The van der Waals surface area contributed by atoms with Crippen molar-refractivity contribution in [2.45, 2.75) is 64.4 Å². The van der Waals surface area contributed by atoms with Crippen LogP contribution in [0.4, 0.5) is 25.4 Å². The number of piperazine rings is 1. The number of aromatic nitrogens is 1. The van der Waals surface area contributed by atoms with Crippen LogP contribution in [0.5, 0.6) is 0 Å². The summed E-state index contributed by atoms with van der Waals surface area (Å²) in [6.45, 7) is 3.87.